The monoisotopic (exact) mass is 567 g/mol. The smallest absolute Gasteiger partial charge is 0.321 e. The van der Waals surface area contributed by atoms with Crippen molar-refractivity contribution in [1.29, 1.82) is 0 Å². The zero-order valence-corrected chi connectivity index (χ0v) is 23.8. The van der Waals surface area contributed by atoms with Crippen molar-refractivity contribution in [2.24, 2.45) is 0 Å². The van der Waals surface area contributed by atoms with Gasteiger partial charge in [-0.25, -0.2) is 8.78 Å². The van der Waals surface area contributed by atoms with Crippen molar-refractivity contribution in [3.8, 4) is 6.01 Å². The van der Waals surface area contributed by atoms with E-state index in [1.807, 2.05) is 6.20 Å². The average Bonchev–Trinajstić information content (AvgIpc) is 3.52. The lowest BCUT2D eigenvalue weighted by molar-refractivity contribution is -0.840. The van der Waals surface area contributed by atoms with Gasteiger partial charge in [-0.05, 0) is 50.6 Å². The lowest BCUT2D eigenvalue weighted by Gasteiger charge is -2.35. The summed E-state index contributed by atoms with van der Waals surface area (Å²) in [4.78, 5) is 28.8. The van der Waals surface area contributed by atoms with Gasteiger partial charge in [0, 0.05) is 24.4 Å². The number of likely N-dealkylation sites (tertiary alicyclic amines) is 1. The number of nitrogens with one attached hydrogen (secondary N) is 2. The predicted molar refractivity (Wildman–Crippen MR) is 151 cm³/mol. The van der Waals surface area contributed by atoms with Gasteiger partial charge in [-0.2, -0.15) is 10.1 Å². The van der Waals surface area contributed by atoms with Crippen LogP contribution >= 0.6 is 0 Å². The second-order valence-corrected chi connectivity index (χ2v) is 11.5. The van der Waals surface area contributed by atoms with Gasteiger partial charge in [0.1, 0.15) is 19.7 Å². The fourth-order valence-electron chi connectivity index (χ4n) is 6.45. The highest BCUT2D eigenvalue weighted by Gasteiger charge is 2.43. The van der Waals surface area contributed by atoms with E-state index in [2.05, 4.69) is 41.6 Å². The average molecular weight is 568 g/mol. The number of halogens is 2. The van der Waals surface area contributed by atoms with Gasteiger partial charge in [0.05, 0.1) is 54.8 Å². The van der Waals surface area contributed by atoms with E-state index in [9.17, 15) is 13.6 Å². The van der Waals surface area contributed by atoms with E-state index in [1.54, 1.807) is 16.8 Å². The maximum Gasteiger partial charge on any atom is 0.321 e. The lowest BCUT2D eigenvalue weighted by atomic mass is 9.99. The number of alkyl halides is 2. The Hall–Kier alpha value is -3.64. The van der Waals surface area contributed by atoms with Gasteiger partial charge < -0.3 is 14.5 Å². The Labute approximate surface area is 238 Å². The number of rotatable bonds is 6. The van der Waals surface area contributed by atoms with E-state index in [4.69, 9.17) is 14.7 Å². The summed E-state index contributed by atoms with van der Waals surface area (Å²) in [5.74, 6) is -1.90. The van der Waals surface area contributed by atoms with E-state index in [0.717, 1.165) is 46.6 Å². The molecule has 0 aliphatic carbocycles. The quantitative estimate of drug-likeness (QED) is 0.439. The third-order valence-electron chi connectivity index (χ3n) is 8.82. The summed E-state index contributed by atoms with van der Waals surface area (Å²) in [7, 11) is 1.70. The minimum absolute atomic E-state index is 0.0648. The van der Waals surface area contributed by atoms with Crippen molar-refractivity contribution < 1.29 is 23.2 Å². The van der Waals surface area contributed by atoms with Gasteiger partial charge in [0.15, 0.2) is 0 Å². The van der Waals surface area contributed by atoms with Crippen molar-refractivity contribution in [2.75, 3.05) is 57.8 Å². The number of aromatic nitrogens is 4. The van der Waals surface area contributed by atoms with Gasteiger partial charge in [-0.3, -0.25) is 19.7 Å². The molecule has 3 aromatic rings. The predicted octanol–water partition coefficient (Wildman–Crippen LogP) is 1.80. The number of nitrogens with zero attached hydrogens (tertiary/aromatic N) is 6. The molecule has 1 amide bonds. The summed E-state index contributed by atoms with van der Waals surface area (Å²) in [5, 5.41) is 8.45. The highest BCUT2D eigenvalue weighted by molar-refractivity contribution is 5.94. The molecule has 2 saturated heterocycles. The van der Waals surface area contributed by atoms with Gasteiger partial charge in [-0.1, -0.05) is 6.58 Å². The highest BCUT2D eigenvalue weighted by Crippen LogP contribution is 2.36. The topological polar surface area (TPSA) is 94.9 Å². The number of fused-ring (bicyclic) bond motifs is 2. The first-order valence-electron chi connectivity index (χ1n) is 14.2. The van der Waals surface area contributed by atoms with Gasteiger partial charge in [0.2, 0.25) is 11.7 Å². The number of H-pyrrole nitrogens is 1. The highest BCUT2D eigenvalue weighted by atomic mass is 19.3. The maximum atomic E-state index is 14.0. The number of hydrogen-bond acceptors (Lipinski definition) is 7. The lowest BCUT2D eigenvalue weighted by Crippen LogP contribution is -3.11. The molecule has 0 unspecified atom stereocenters. The first-order valence-corrected chi connectivity index (χ1v) is 14.2. The molecule has 5 heterocycles. The van der Waals surface area contributed by atoms with Crippen LogP contribution < -0.4 is 14.5 Å². The number of amides is 1. The van der Waals surface area contributed by atoms with Crippen LogP contribution in [0.2, 0.25) is 0 Å². The number of benzene rings is 1. The second-order valence-electron chi connectivity index (χ2n) is 11.5. The van der Waals surface area contributed by atoms with E-state index in [-0.39, 0.29) is 31.5 Å². The van der Waals surface area contributed by atoms with Gasteiger partial charge >= 0.3 is 6.01 Å². The van der Waals surface area contributed by atoms with Crippen LogP contribution in [0.15, 0.2) is 24.9 Å². The number of likely N-dealkylation sites (N-methyl/N-ethyl adjacent to an activating group) is 1. The van der Waals surface area contributed by atoms with Crippen molar-refractivity contribution >= 4 is 28.3 Å². The number of aryl methyl sites for hydroxylation is 1. The number of carbonyl (C=O) groups is 1. The molecule has 3 aliphatic heterocycles. The number of hydrogen-bond donors (Lipinski definition) is 2. The standard InChI is InChI=1S/C29H36F2N8O2/c1-5-25(40)37-8-10-38(11-9-37)27-21-6-7-39(26-19(3)18(2)12-23-22(26)14-32-35-23)15-24(21)33-28(34-27)41-16-20-13-29(30,31)17-36(20)4/h5,12,14,20H,1,6-11,13,15-17H2,2-4H3,(H,32,35)/p+1/t20-/m0/s1. The Balaban J connectivity index is 1.31. The molecular formula is C29H37F2N8O2+. The molecule has 12 heteroatoms. The number of anilines is 1. The summed E-state index contributed by atoms with van der Waals surface area (Å²) in [6, 6.07) is 1.93. The molecule has 2 fully saturated rings. The molecule has 0 saturated carbocycles. The van der Waals surface area contributed by atoms with Crippen LogP contribution in [-0.4, -0.2) is 101 Å². The zero-order valence-electron chi connectivity index (χ0n) is 23.8. The third-order valence-corrected chi connectivity index (χ3v) is 8.82. The molecule has 218 valence electrons. The molecule has 0 spiro atoms. The first kappa shape index (κ1) is 27.5. The normalized spacial score (nSPS) is 21.3. The number of ether oxygens (including phenoxy) is 1. The summed E-state index contributed by atoms with van der Waals surface area (Å²) < 4.78 is 34.0. The molecule has 41 heavy (non-hydrogen) atoms. The molecular weight excluding hydrogens is 530 g/mol. The number of quaternary nitrogens is 1. The van der Waals surface area contributed by atoms with Crippen LogP contribution in [0.3, 0.4) is 0 Å². The number of piperazine rings is 1. The van der Waals surface area contributed by atoms with Crippen LogP contribution in [0.1, 0.15) is 28.8 Å². The summed E-state index contributed by atoms with van der Waals surface area (Å²) in [6.45, 7) is 11.6. The SMILES string of the molecule is C=CC(=O)N1CC[NH+](c2nc(OC[C@@H]3CC(F)(F)CN3C)nc3c2CCN(c2c(C)c(C)cc4[nH]ncc24)C3)CC1. The number of aromatic amines is 1. The molecule has 1 aromatic carbocycles. The molecule has 0 bridgehead atoms. The molecule has 0 radical (unpaired) electrons. The van der Waals surface area contributed by atoms with Crippen molar-refractivity contribution in [2.45, 2.75) is 45.2 Å². The van der Waals surface area contributed by atoms with E-state index < -0.39 is 12.0 Å². The van der Waals surface area contributed by atoms with E-state index >= 15 is 0 Å². The first-order chi connectivity index (χ1) is 19.6. The molecule has 10 nitrogen and oxygen atoms in total. The van der Waals surface area contributed by atoms with Crippen LogP contribution in [0.5, 0.6) is 6.01 Å². The Morgan fingerprint density at radius 3 is 2.76 bits per heavy atom. The van der Waals surface area contributed by atoms with Gasteiger partial charge in [-0.15, -0.1) is 4.98 Å². The summed E-state index contributed by atoms with van der Waals surface area (Å²) in [5.41, 5.74) is 6.51. The molecule has 2 aromatic heterocycles. The van der Waals surface area contributed by atoms with Crippen LogP contribution in [-0.2, 0) is 17.8 Å². The van der Waals surface area contributed by atoms with Crippen LogP contribution in [0.25, 0.3) is 10.9 Å². The summed E-state index contributed by atoms with van der Waals surface area (Å²) in [6.07, 6.45) is 3.74. The minimum Gasteiger partial charge on any atom is -0.462 e. The fourth-order valence-corrected chi connectivity index (χ4v) is 6.45. The Morgan fingerprint density at radius 1 is 1.27 bits per heavy atom. The largest absolute Gasteiger partial charge is 0.462 e. The fraction of sp³-hybridized carbons (Fsp3) is 0.517. The molecule has 3 aliphatic rings. The Morgan fingerprint density at radius 2 is 2.05 bits per heavy atom. The van der Waals surface area contributed by atoms with E-state index in [1.165, 1.54) is 22.1 Å². The minimum atomic E-state index is -2.72. The second kappa shape index (κ2) is 10.6. The zero-order chi connectivity index (χ0) is 28.9. The Bertz CT molecular complexity index is 1480. The molecule has 6 rings (SSSR count). The van der Waals surface area contributed by atoms with Crippen molar-refractivity contribution in [1.82, 2.24) is 30.0 Å². The Kier molecular flexibility index (Phi) is 7.14. The van der Waals surface area contributed by atoms with Crippen molar-refractivity contribution in [3.63, 3.8) is 0 Å². The van der Waals surface area contributed by atoms with E-state index in [0.29, 0.717) is 32.7 Å². The van der Waals surface area contributed by atoms with Crippen molar-refractivity contribution in [3.05, 3.63) is 47.3 Å². The van der Waals surface area contributed by atoms with Crippen LogP contribution in [0, 0.1) is 13.8 Å². The molecule has 1 atom stereocenters. The number of carbonyl (C=O) groups excluding carboxylic acids is 1. The van der Waals surface area contributed by atoms with Crippen LogP contribution in [0.4, 0.5) is 20.3 Å². The van der Waals surface area contributed by atoms with Gasteiger partial charge in [0.25, 0.3) is 5.92 Å². The molecule has 2 N–H and O–H groups in total. The third kappa shape index (κ3) is 5.26. The maximum absolute atomic E-state index is 14.0. The summed E-state index contributed by atoms with van der Waals surface area (Å²) >= 11 is 0.